The molecule has 0 spiro atoms. The van der Waals surface area contributed by atoms with E-state index in [1.807, 2.05) is 45.0 Å². The van der Waals surface area contributed by atoms with Crippen molar-refractivity contribution in [3.8, 4) is 5.75 Å². The first-order valence-corrected chi connectivity index (χ1v) is 6.19. The van der Waals surface area contributed by atoms with Gasteiger partial charge >= 0.3 is 0 Å². The van der Waals surface area contributed by atoms with E-state index in [1.165, 1.54) is 0 Å². The lowest BCUT2D eigenvalue weighted by molar-refractivity contribution is -0.128. The van der Waals surface area contributed by atoms with E-state index in [0.717, 1.165) is 17.7 Å². The summed E-state index contributed by atoms with van der Waals surface area (Å²) in [4.78, 5) is 11.8. The summed E-state index contributed by atoms with van der Waals surface area (Å²) in [6.07, 6.45) is 1.21. The zero-order valence-corrected chi connectivity index (χ0v) is 10.8. The lowest BCUT2D eigenvalue weighted by atomic mass is 10.2. The SMILES string of the molecule is CCCNC(=O)[C@@H](CC)Oc1ccccc1C. The highest BCUT2D eigenvalue weighted by Crippen LogP contribution is 2.18. The summed E-state index contributed by atoms with van der Waals surface area (Å²) in [5.41, 5.74) is 1.05. The number of rotatable bonds is 6. The fraction of sp³-hybridized carbons (Fsp3) is 0.500. The molecule has 1 aromatic carbocycles. The van der Waals surface area contributed by atoms with E-state index in [4.69, 9.17) is 4.74 Å². The van der Waals surface area contributed by atoms with Crippen molar-refractivity contribution in [1.29, 1.82) is 0 Å². The molecule has 0 aliphatic carbocycles. The summed E-state index contributed by atoms with van der Waals surface area (Å²) in [6, 6.07) is 7.75. The molecule has 1 N–H and O–H groups in total. The van der Waals surface area contributed by atoms with E-state index in [9.17, 15) is 4.79 Å². The van der Waals surface area contributed by atoms with E-state index in [0.29, 0.717) is 13.0 Å². The Balaban J connectivity index is 2.63. The number of hydrogen-bond acceptors (Lipinski definition) is 2. The van der Waals surface area contributed by atoms with E-state index < -0.39 is 6.10 Å². The van der Waals surface area contributed by atoms with Crippen LogP contribution in [0, 0.1) is 6.92 Å². The minimum Gasteiger partial charge on any atom is -0.480 e. The second kappa shape index (κ2) is 6.94. The van der Waals surface area contributed by atoms with Gasteiger partial charge in [0.1, 0.15) is 5.75 Å². The lowest BCUT2D eigenvalue weighted by Gasteiger charge is -2.18. The maximum Gasteiger partial charge on any atom is 0.261 e. The Morgan fingerprint density at radius 3 is 2.65 bits per heavy atom. The van der Waals surface area contributed by atoms with Crippen LogP contribution in [0.25, 0.3) is 0 Å². The molecule has 0 saturated carbocycles. The summed E-state index contributed by atoms with van der Waals surface area (Å²) >= 11 is 0. The first kappa shape index (κ1) is 13.6. The van der Waals surface area contributed by atoms with Gasteiger partial charge in [-0.2, -0.15) is 0 Å². The van der Waals surface area contributed by atoms with Crippen LogP contribution >= 0.6 is 0 Å². The van der Waals surface area contributed by atoms with Gasteiger partial charge in [-0.1, -0.05) is 32.0 Å². The van der Waals surface area contributed by atoms with Gasteiger partial charge in [-0.15, -0.1) is 0 Å². The standard InChI is InChI=1S/C14H21NO2/c1-4-10-15-14(16)12(5-2)17-13-9-7-6-8-11(13)3/h6-9,12H,4-5,10H2,1-3H3,(H,15,16)/t12-/m1/s1. The maximum atomic E-state index is 11.8. The number of aryl methyl sites for hydroxylation is 1. The van der Waals surface area contributed by atoms with Gasteiger partial charge in [0, 0.05) is 6.54 Å². The number of hydrogen-bond donors (Lipinski definition) is 1. The van der Waals surface area contributed by atoms with E-state index in [-0.39, 0.29) is 5.91 Å². The zero-order valence-electron chi connectivity index (χ0n) is 10.8. The van der Waals surface area contributed by atoms with Crippen LogP contribution in [0.15, 0.2) is 24.3 Å². The van der Waals surface area contributed by atoms with Crippen LogP contribution in [0.4, 0.5) is 0 Å². The molecule has 3 nitrogen and oxygen atoms in total. The number of benzene rings is 1. The minimum absolute atomic E-state index is 0.0300. The average Bonchev–Trinajstić information content (AvgIpc) is 2.35. The molecule has 0 unspecified atom stereocenters. The third-order valence-corrected chi connectivity index (χ3v) is 2.58. The molecule has 0 aliphatic rings. The van der Waals surface area contributed by atoms with E-state index >= 15 is 0 Å². The maximum absolute atomic E-state index is 11.8. The Morgan fingerprint density at radius 1 is 1.35 bits per heavy atom. The van der Waals surface area contributed by atoms with Crippen LogP contribution in [0.3, 0.4) is 0 Å². The quantitative estimate of drug-likeness (QED) is 0.823. The third-order valence-electron chi connectivity index (χ3n) is 2.58. The second-order valence-corrected chi connectivity index (χ2v) is 4.07. The van der Waals surface area contributed by atoms with Crippen LogP contribution in [0.1, 0.15) is 32.3 Å². The molecule has 0 radical (unpaired) electrons. The lowest BCUT2D eigenvalue weighted by Crippen LogP contribution is -2.38. The first-order chi connectivity index (χ1) is 8.19. The van der Waals surface area contributed by atoms with Crippen molar-refractivity contribution >= 4 is 5.91 Å². The third kappa shape index (κ3) is 4.10. The fourth-order valence-corrected chi connectivity index (χ4v) is 1.53. The molecule has 0 aliphatic heterocycles. The van der Waals surface area contributed by atoms with Gasteiger partial charge in [0.05, 0.1) is 0 Å². The molecule has 1 atom stereocenters. The Hall–Kier alpha value is -1.51. The van der Waals surface area contributed by atoms with Crippen LogP contribution in [0.2, 0.25) is 0 Å². The smallest absolute Gasteiger partial charge is 0.261 e. The largest absolute Gasteiger partial charge is 0.480 e. The topological polar surface area (TPSA) is 38.3 Å². The molecule has 0 aromatic heterocycles. The van der Waals surface area contributed by atoms with Crippen molar-refractivity contribution in [1.82, 2.24) is 5.32 Å². The molecular weight excluding hydrogens is 214 g/mol. The Morgan fingerprint density at radius 2 is 2.06 bits per heavy atom. The summed E-state index contributed by atoms with van der Waals surface area (Å²) < 4.78 is 5.74. The summed E-state index contributed by atoms with van der Waals surface area (Å²) in [7, 11) is 0. The van der Waals surface area contributed by atoms with Crippen LogP contribution in [-0.4, -0.2) is 18.6 Å². The number of nitrogens with one attached hydrogen (secondary N) is 1. The van der Waals surface area contributed by atoms with Gasteiger partial charge in [-0.25, -0.2) is 0 Å². The molecule has 94 valence electrons. The molecule has 17 heavy (non-hydrogen) atoms. The first-order valence-electron chi connectivity index (χ1n) is 6.19. The van der Waals surface area contributed by atoms with Crippen molar-refractivity contribution in [2.45, 2.75) is 39.7 Å². The molecule has 3 heteroatoms. The van der Waals surface area contributed by atoms with Crippen molar-refractivity contribution in [3.05, 3.63) is 29.8 Å². The molecule has 1 amide bonds. The number of amides is 1. The monoisotopic (exact) mass is 235 g/mol. The fourth-order valence-electron chi connectivity index (χ4n) is 1.53. The van der Waals surface area contributed by atoms with Gasteiger partial charge in [0.2, 0.25) is 0 Å². The molecule has 0 heterocycles. The van der Waals surface area contributed by atoms with Crippen molar-refractivity contribution < 1.29 is 9.53 Å². The number of carbonyl (C=O) groups is 1. The van der Waals surface area contributed by atoms with Gasteiger partial charge in [0.15, 0.2) is 6.10 Å². The van der Waals surface area contributed by atoms with E-state index in [1.54, 1.807) is 0 Å². The number of ether oxygens (including phenoxy) is 1. The predicted octanol–water partition coefficient (Wildman–Crippen LogP) is 2.68. The highest BCUT2D eigenvalue weighted by Gasteiger charge is 2.18. The van der Waals surface area contributed by atoms with Gasteiger partial charge in [-0.05, 0) is 31.4 Å². The predicted molar refractivity (Wildman–Crippen MR) is 69.2 cm³/mol. The van der Waals surface area contributed by atoms with Crippen molar-refractivity contribution in [2.75, 3.05) is 6.54 Å². The van der Waals surface area contributed by atoms with Crippen LogP contribution in [0.5, 0.6) is 5.75 Å². The number of para-hydroxylation sites is 1. The highest BCUT2D eigenvalue weighted by atomic mass is 16.5. The van der Waals surface area contributed by atoms with Crippen LogP contribution < -0.4 is 10.1 Å². The summed E-state index contributed by atoms with van der Waals surface area (Å²) in [5.74, 6) is 0.753. The molecule has 1 aromatic rings. The second-order valence-electron chi connectivity index (χ2n) is 4.07. The van der Waals surface area contributed by atoms with Crippen molar-refractivity contribution in [2.24, 2.45) is 0 Å². The zero-order chi connectivity index (χ0) is 12.7. The summed E-state index contributed by atoms with van der Waals surface area (Å²) in [5, 5.41) is 2.86. The Labute approximate surface area is 103 Å². The molecule has 0 bridgehead atoms. The molecule has 0 saturated heterocycles. The number of carbonyl (C=O) groups excluding carboxylic acids is 1. The average molecular weight is 235 g/mol. The molecule has 0 fully saturated rings. The highest BCUT2D eigenvalue weighted by molar-refractivity contribution is 5.81. The van der Waals surface area contributed by atoms with E-state index in [2.05, 4.69) is 5.32 Å². The van der Waals surface area contributed by atoms with Gasteiger partial charge < -0.3 is 10.1 Å². The molecule has 1 rings (SSSR count). The Kier molecular flexibility index (Phi) is 5.53. The molecular formula is C14H21NO2. The Bertz CT molecular complexity index is 363. The van der Waals surface area contributed by atoms with Crippen molar-refractivity contribution in [3.63, 3.8) is 0 Å². The minimum atomic E-state index is -0.400. The normalized spacial score (nSPS) is 11.9. The summed E-state index contributed by atoms with van der Waals surface area (Å²) in [6.45, 7) is 6.66. The van der Waals surface area contributed by atoms with Gasteiger partial charge in [0.25, 0.3) is 5.91 Å². The van der Waals surface area contributed by atoms with Crippen LogP contribution in [-0.2, 0) is 4.79 Å². The van der Waals surface area contributed by atoms with Gasteiger partial charge in [-0.3, -0.25) is 4.79 Å².